The molecule has 1 saturated carbocycles. The molecular formula is C18H21FN2O4S. The lowest BCUT2D eigenvalue weighted by molar-refractivity contribution is -0.119. The molecule has 2 aromatic rings. The van der Waals surface area contributed by atoms with E-state index in [0.717, 1.165) is 32.1 Å². The van der Waals surface area contributed by atoms with Crippen molar-refractivity contribution >= 4 is 15.7 Å². The molecule has 140 valence electrons. The van der Waals surface area contributed by atoms with Crippen LogP contribution in [0.5, 0.6) is 0 Å². The molecule has 1 N–H and O–H groups in total. The Balaban J connectivity index is 1.58. The first-order valence-corrected chi connectivity index (χ1v) is 10.4. The monoisotopic (exact) mass is 380 g/mol. The Morgan fingerprint density at radius 1 is 1.19 bits per heavy atom. The number of amides is 1. The van der Waals surface area contributed by atoms with E-state index in [2.05, 4.69) is 10.3 Å². The molecule has 26 heavy (non-hydrogen) atoms. The third-order valence-electron chi connectivity index (χ3n) is 4.33. The topological polar surface area (TPSA) is 89.3 Å². The molecular weight excluding hydrogens is 359 g/mol. The average Bonchev–Trinajstić information content (AvgIpc) is 3.03. The van der Waals surface area contributed by atoms with Crippen LogP contribution in [0.4, 0.5) is 4.39 Å². The SMILES string of the molecule is O=C(CS(=O)(=O)Cc1coc(-c2ccc(F)cc2)n1)NC1CCCCC1. The maximum atomic E-state index is 13.0. The Morgan fingerprint density at radius 3 is 2.58 bits per heavy atom. The fraction of sp³-hybridized carbons (Fsp3) is 0.444. The summed E-state index contributed by atoms with van der Waals surface area (Å²) in [6, 6.07) is 5.61. The van der Waals surface area contributed by atoms with Crippen LogP contribution in [0.2, 0.25) is 0 Å². The highest BCUT2D eigenvalue weighted by Gasteiger charge is 2.22. The normalized spacial score (nSPS) is 15.7. The van der Waals surface area contributed by atoms with E-state index in [1.54, 1.807) is 0 Å². The molecule has 8 heteroatoms. The molecule has 0 bridgehead atoms. The standard InChI is InChI=1S/C18H21FN2O4S/c19-14-8-6-13(7-9-14)18-21-16(10-25-18)11-26(23,24)12-17(22)20-15-4-2-1-3-5-15/h6-10,15H,1-5,11-12H2,(H,20,22). The molecule has 1 amide bonds. The predicted octanol–water partition coefficient (Wildman–Crippen LogP) is 2.84. The summed E-state index contributed by atoms with van der Waals surface area (Å²) in [4.78, 5) is 16.1. The number of sulfone groups is 1. The van der Waals surface area contributed by atoms with Gasteiger partial charge in [0.25, 0.3) is 0 Å². The highest BCUT2D eigenvalue weighted by Crippen LogP contribution is 2.20. The Bertz CT molecular complexity index is 856. The van der Waals surface area contributed by atoms with Crippen molar-refractivity contribution in [3.8, 4) is 11.5 Å². The maximum Gasteiger partial charge on any atom is 0.235 e. The van der Waals surface area contributed by atoms with Crippen LogP contribution < -0.4 is 5.32 Å². The third kappa shape index (κ3) is 5.14. The summed E-state index contributed by atoms with van der Waals surface area (Å²) >= 11 is 0. The van der Waals surface area contributed by atoms with Gasteiger partial charge in [-0.05, 0) is 37.1 Å². The number of carbonyl (C=O) groups is 1. The molecule has 6 nitrogen and oxygen atoms in total. The van der Waals surface area contributed by atoms with Crippen LogP contribution >= 0.6 is 0 Å². The highest BCUT2D eigenvalue weighted by atomic mass is 32.2. The summed E-state index contributed by atoms with van der Waals surface area (Å²) in [5, 5.41) is 2.80. The van der Waals surface area contributed by atoms with Gasteiger partial charge >= 0.3 is 0 Å². The van der Waals surface area contributed by atoms with E-state index in [-0.39, 0.29) is 29.2 Å². The molecule has 1 aromatic carbocycles. The molecule has 3 rings (SSSR count). The van der Waals surface area contributed by atoms with Crippen molar-refractivity contribution in [2.45, 2.75) is 43.9 Å². The molecule has 1 fully saturated rings. The fourth-order valence-corrected chi connectivity index (χ4v) is 4.26. The average molecular weight is 380 g/mol. The van der Waals surface area contributed by atoms with Gasteiger partial charge in [-0.2, -0.15) is 0 Å². The maximum absolute atomic E-state index is 13.0. The molecule has 0 atom stereocenters. The molecule has 1 aliphatic rings. The zero-order valence-electron chi connectivity index (χ0n) is 14.3. The van der Waals surface area contributed by atoms with Gasteiger partial charge in [0.2, 0.25) is 11.8 Å². The van der Waals surface area contributed by atoms with Gasteiger partial charge in [-0.1, -0.05) is 19.3 Å². The van der Waals surface area contributed by atoms with E-state index in [1.165, 1.54) is 30.5 Å². The zero-order valence-corrected chi connectivity index (χ0v) is 15.1. The number of hydrogen-bond acceptors (Lipinski definition) is 5. The molecule has 1 aliphatic carbocycles. The number of aromatic nitrogens is 1. The summed E-state index contributed by atoms with van der Waals surface area (Å²) in [7, 11) is -3.65. The number of rotatable bonds is 6. The minimum atomic E-state index is -3.65. The van der Waals surface area contributed by atoms with Crippen molar-refractivity contribution in [1.82, 2.24) is 10.3 Å². The Hall–Kier alpha value is -2.22. The summed E-state index contributed by atoms with van der Waals surface area (Å²) in [5.74, 6) is -1.59. The molecule has 0 aliphatic heterocycles. The number of carbonyl (C=O) groups excluding carboxylic acids is 1. The van der Waals surface area contributed by atoms with Crippen LogP contribution in [0.3, 0.4) is 0 Å². The van der Waals surface area contributed by atoms with E-state index >= 15 is 0 Å². The van der Waals surface area contributed by atoms with Crippen molar-refractivity contribution in [2.24, 2.45) is 0 Å². The fourth-order valence-electron chi connectivity index (χ4n) is 3.09. The summed E-state index contributed by atoms with van der Waals surface area (Å²) < 4.78 is 42.7. The van der Waals surface area contributed by atoms with Crippen molar-refractivity contribution < 1.29 is 22.0 Å². The zero-order chi connectivity index (χ0) is 18.6. The van der Waals surface area contributed by atoms with Gasteiger partial charge in [0.15, 0.2) is 9.84 Å². The molecule has 0 unspecified atom stereocenters. The van der Waals surface area contributed by atoms with E-state index in [9.17, 15) is 17.6 Å². The number of oxazole rings is 1. The van der Waals surface area contributed by atoms with Crippen molar-refractivity contribution in [3.05, 3.63) is 42.0 Å². The highest BCUT2D eigenvalue weighted by molar-refractivity contribution is 7.91. The smallest absolute Gasteiger partial charge is 0.235 e. The van der Waals surface area contributed by atoms with Gasteiger partial charge in [-0.3, -0.25) is 4.79 Å². The van der Waals surface area contributed by atoms with Crippen LogP contribution in [-0.4, -0.2) is 31.1 Å². The van der Waals surface area contributed by atoms with Gasteiger partial charge in [-0.25, -0.2) is 17.8 Å². The lowest BCUT2D eigenvalue weighted by atomic mass is 9.95. The predicted molar refractivity (Wildman–Crippen MR) is 94.4 cm³/mol. The molecule has 0 radical (unpaired) electrons. The molecule has 1 aromatic heterocycles. The second-order valence-electron chi connectivity index (χ2n) is 6.59. The van der Waals surface area contributed by atoms with Gasteiger partial charge in [0.05, 0.1) is 11.4 Å². The minimum Gasteiger partial charge on any atom is -0.444 e. The van der Waals surface area contributed by atoms with Crippen molar-refractivity contribution in [2.75, 3.05) is 5.75 Å². The second-order valence-corrected chi connectivity index (χ2v) is 8.65. The second kappa shape index (κ2) is 7.99. The van der Waals surface area contributed by atoms with Gasteiger partial charge < -0.3 is 9.73 Å². The van der Waals surface area contributed by atoms with Crippen LogP contribution in [0.1, 0.15) is 37.8 Å². The Kier molecular flexibility index (Phi) is 5.70. The van der Waals surface area contributed by atoms with Crippen molar-refractivity contribution in [3.63, 3.8) is 0 Å². The number of hydrogen-bond donors (Lipinski definition) is 1. The van der Waals surface area contributed by atoms with Crippen molar-refractivity contribution in [1.29, 1.82) is 0 Å². The largest absolute Gasteiger partial charge is 0.444 e. The molecule has 0 spiro atoms. The van der Waals surface area contributed by atoms with Crippen LogP contribution in [0.15, 0.2) is 34.9 Å². The van der Waals surface area contributed by atoms with Gasteiger partial charge in [0, 0.05) is 11.6 Å². The van der Waals surface area contributed by atoms with Crippen LogP contribution in [0, 0.1) is 5.82 Å². The quantitative estimate of drug-likeness (QED) is 0.832. The minimum absolute atomic E-state index is 0.0728. The lowest BCUT2D eigenvalue weighted by Gasteiger charge is -2.22. The molecule has 1 heterocycles. The third-order valence-corrected chi connectivity index (χ3v) is 5.77. The van der Waals surface area contributed by atoms with E-state index < -0.39 is 21.5 Å². The van der Waals surface area contributed by atoms with Crippen LogP contribution in [-0.2, 0) is 20.4 Å². The summed E-state index contributed by atoms with van der Waals surface area (Å²) in [6.45, 7) is 0. The number of nitrogens with one attached hydrogen (secondary N) is 1. The van der Waals surface area contributed by atoms with Crippen LogP contribution in [0.25, 0.3) is 11.5 Å². The number of halogens is 1. The first-order valence-electron chi connectivity index (χ1n) is 8.61. The lowest BCUT2D eigenvalue weighted by Crippen LogP contribution is -2.39. The summed E-state index contributed by atoms with van der Waals surface area (Å²) in [6.07, 6.45) is 6.32. The number of nitrogens with zero attached hydrogens (tertiary/aromatic N) is 1. The number of benzene rings is 1. The summed E-state index contributed by atoms with van der Waals surface area (Å²) in [5.41, 5.74) is 0.764. The molecule has 0 saturated heterocycles. The van der Waals surface area contributed by atoms with E-state index in [1.807, 2.05) is 0 Å². The van der Waals surface area contributed by atoms with E-state index in [4.69, 9.17) is 4.42 Å². The Labute approximate surface area is 151 Å². The van der Waals surface area contributed by atoms with Gasteiger partial charge in [-0.15, -0.1) is 0 Å². The van der Waals surface area contributed by atoms with E-state index in [0.29, 0.717) is 5.56 Å². The Morgan fingerprint density at radius 2 is 1.88 bits per heavy atom. The van der Waals surface area contributed by atoms with Gasteiger partial charge in [0.1, 0.15) is 17.8 Å². The first-order chi connectivity index (χ1) is 12.4. The first kappa shape index (κ1) is 18.6.